The molecule has 2 N–H and O–H groups in total. The van der Waals surface area contributed by atoms with Crippen molar-refractivity contribution in [3.05, 3.63) is 33.8 Å². The number of halogens is 3. The number of likely N-dealkylation sites (tertiary alicyclic amines) is 1. The van der Waals surface area contributed by atoms with Gasteiger partial charge in [0.2, 0.25) is 0 Å². The second-order valence-electron chi connectivity index (χ2n) is 4.26. The van der Waals surface area contributed by atoms with Gasteiger partial charge >= 0.3 is 0 Å². The molecule has 6 heteroatoms. The van der Waals surface area contributed by atoms with Gasteiger partial charge in [-0.1, -0.05) is 23.2 Å². The summed E-state index contributed by atoms with van der Waals surface area (Å²) < 4.78 is 0. The van der Waals surface area contributed by atoms with Crippen molar-refractivity contribution in [3.8, 4) is 0 Å². The Balaban J connectivity index is 0.00000162. The van der Waals surface area contributed by atoms with Gasteiger partial charge in [-0.2, -0.15) is 0 Å². The molecule has 1 heterocycles. The molecule has 2 rings (SSSR count). The van der Waals surface area contributed by atoms with Crippen molar-refractivity contribution in [1.29, 1.82) is 0 Å². The van der Waals surface area contributed by atoms with E-state index in [9.17, 15) is 4.79 Å². The monoisotopic (exact) mass is 308 g/mol. The molecule has 0 spiro atoms. The molecule has 1 saturated heterocycles. The average molecular weight is 310 g/mol. The molecule has 1 aromatic rings. The van der Waals surface area contributed by atoms with Crippen molar-refractivity contribution in [2.24, 2.45) is 5.73 Å². The normalized spacial score (nSPS) is 16.3. The van der Waals surface area contributed by atoms with Gasteiger partial charge in [0.1, 0.15) is 0 Å². The van der Waals surface area contributed by atoms with E-state index in [4.69, 9.17) is 28.9 Å². The lowest BCUT2D eigenvalue weighted by Crippen LogP contribution is -2.42. The van der Waals surface area contributed by atoms with Crippen molar-refractivity contribution < 1.29 is 4.79 Å². The minimum absolute atomic E-state index is 0. The van der Waals surface area contributed by atoms with Gasteiger partial charge in [-0.15, -0.1) is 12.4 Å². The highest BCUT2D eigenvalue weighted by atomic mass is 35.5. The summed E-state index contributed by atoms with van der Waals surface area (Å²) in [5.74, 6) is -0.00420. The number of piperidine rings is 1. The van der Waals surface area contributed by atoms with E-state index in [2.05, 4.69) is 0 Å². The van der Waals surface area contributed by atoms with Crippen LogP contribution in [0.5, 0.6) is 0 Å². The van der Waals surface area contributed by atoms with Crippen LogP contribution in [-0.2, 0) is 0 Å². The van der Waals surface area contributed by atoms with E-state index in [0.717, 1.165) is 12.8 Å². The molecule has 1 aliphatic rings. The number of carbonyl (C=O) groups excluding carboxylic acids is 1. The topological polar surface area (TPSA) is 46.3 Å². The molecule has 1 aliphatic heterocycles. The van der Waals surface area contributed by atoms with Crippen LogP contribution in [0.4, 0.5) is 0 Å². The first-order chi connectivity index (χ1) is 8.08. The Hall–Kier alpha value is -0.480. The van der Waals surface area contributed by atoms with Crippen LogP contribution in [0.2, 0.25) is 10.0 Å². The number of rotatable bonds is 1. The fourth-order valence-corrected chi connectivity index (χ4v) is 2.21. The number of hydrogen-bond donors (Lipinski definition) is 1. The predicted octanol–water partition coefficient (Wildman–Crippen LogP) is 2.98. The Bertz CT molecular complexity index is 431. The van der Waals surface area contributed by atoms with Crippen LogP contribution in [0.3, 0.4) is 0 Å². The smallest absolute Gasteiger partial charge is 0.253 e. The standard InChI is InChI=1S/C12H14Cl2N2O.ClH/c13-10-2-1-8(7-11(10)14)12(17)16-5-3-9(15)4-6-16;/h1-2,7,9H,3-6,15H2;1H. The van der Waals surface area contributed by atoms with Crippen molar-refractivity contribution in [2.45, 2.75) is 18.9 Å². The molecule has 18 heavy (non-hydrogen) atoms. The Morgan fingerprint density at radius 1 is 1.22 bits per heavy atom. The van der Waals surface area contributed by atoms with Crippen molar-refractivity contribution in [1.82, 2.24) is 4.90 Å². The quantitative estimate of drug-likeness (QED) is 0.867. The predicted molar refractivity (Wildman–Crippen MR) is 76.8 cm³/mol. The first-order valence-electron chi connectivity index (χ1n) is 5.58. The average Bonchev–Trinajstić information content (AvgIpc) is 2.33. The molecular formula is C12H15Cl3N2O. The molecule has 0 atom stereocenters. The van der Waals surface area contributed by atoms with Crippen LogP contribution in [-0.4, -0.2) is 29.9 Å². The molecule has 0 radical (unpaired) electrons. The second kappa shape index (κ2) is 6.62. The van der Waals surface area contributed by atoms with Crippen LogP contribution in [0.15, 0.2) is 18.2 Å². The summed E-state index contributed by atoms with van der Waals surface area (Å²) in [5.41, 5.74) is 6.38. The summed E-state index contributed by atoms with van der Waals surface area (Å²) in [7, 11) is 0. The summed E-state index contributed by atoms with van der Waals surface area (Å²) in [5, 5.41) is 0.870. The lowest BCUT2D eigenvalue weighted by Gasteiger charge is -2.30. The van der Waals surface area contributed by atoms with Crippen molar-refractivity contribution in [2.75, 3.05) is 13.1 Å². The van der Waals surface area contributed by atoms with E-state index < -0.39 is 0 Å². The zero-order valence-electron chi connectivity index (χ0n) is 9.73. The Morgan fingerprint density at radius 3 is 2.39 bits per heavy atom. The second-order valence-corrected chi connectivity index (χ2v) is 5.07. The van der Waals surface area contributed by atoms with Gasteiger partial charge in [0.25, 0.3) is 5.91 Å². The highest BCUT2D eigenvalue weighted by Gasteiger charge is 2.21. The fourth-order valence-electron chi connectivity index (χ4n) is 1.91. The molecule has 1 aromatic carbocycles. The summed E-state index contributed by atoms with van der Waals surface area (Å²) in [6, 6.07) is 5.17. The van der Waals surface area contributed by atoms with Gasteiger partial charge in [0.05, 0.1) is 10.0 Å². The highest BCUT2D eigenvalue weighted by molar-refractivity contribution is 6.42. The number of nitrogens with zero attached hydrogens (tertiary/aromatic N) is 1. The first-order valence-corrected chi connectivity index (χ1v) is 6.33. The first kappa shape index (κ1) is 15.6. The third-order valence-electron chi connectivity index (χ3n) is 2.99. The molecule has 100 valence electrons. The SMILES string of the molecule is Cl.NC1CCN(C(=O)c2ccc(Cl)c(Cl)c2)CC1. The van der Waals surface area contributed by atoms with E-state index in [1.807, 2.05) is 4.90 Å². The Labute approximate surface area is 123 Å². The number of benzene rings is 1. The van der Waals surface area contributed by atoms with Gasteiger partial charge in [-0.25, -0.2) is 0 Å². The van der Waals surface area contributed by atoms with Crippen molar-refractivity contribution in [3.63, 3.8) is 0 Å². The third kappa shape index (κ3) is 3.51. The van der Waals surface area contributed by atoms with Gasteiger partial charge < -0.3 is 10.6 Å². The van der Waals surface area contributed by atoms with Crippen LogP contribution < -0.4 is 5.73 Å². The summed E-state index contributed by atoms with van der Waals surface area (Å²) in [6.45, 7) is 1.42. The van der Waals surface area contributed by atoms with E-state index in [1.54, 1.807) is 18.2 Å². The summed E-state index contributed by atoms with van der Waals surface area (Å²) in [4.78, 5) is 14.0. The Kier molecular flexibility index (Phi) is 5.73. The maximum atomic E-state index is 12.2. The number of hydrogen-bond acceptors (Lipinski definition) is 2. The van der Waals surface area contributed by atoms with E-state index in [-0.39, 0.29) is 24.4 Å². The lowest BCUT2D eigenvalue weighted by atomic mass is 10.0. The maximum Gasteiger partial charge on any atom is 0.253 e. The fraction of sp³-hybridized carbons (Fsp3) is 0.417. The minimum Gasteiger partial charge on any atom is -0.339 e. The van der Waals surface area contributed by atoms with Gasteiger partial charge in [-0.05, 0) is 31.0 Å². The highest BCUT2D eigenvalue weighted by Crippen LogP contribution is 2.23. The molecule has 3 nitrogen and oxygen atoms in total. The van der Waals surface area contributed by atoms with Crippen LogP contribution >= 0.6 is 35.6 Å². The Morgan fingerprint density at radius 2 is 1.83 bits per heavy atom. The molecule has 0 saturated carbocycles. The number of nitrogens with two attached hydrogens (primary N) is 1. The lowest BCUT2D eigenvalue weighted by molar-refractivity contribution is 0.0715. The summed E-state index contributed by atoms with van der Waals surface area (Å²) in [6.07, 6.45) is 1.71. The van der Waals surface area contributed by atoms with Gasteiger partial charge in [0.15, 0.2) is 0 Å². The molecular weight excluding hydrogens is 295 g/mol. The molecule has 0 unspecified atom stereocenters. The maximum absolute atomic E-state index is 12.2. The van der Waals surface area contributed by atoms with Crippen LogP contribution in [0.25, 0.3) is 0 Å². The zero-order chi connectivity index (χ0) is 12.4. The van der Waals surface area contributed by atoms with Crippen LogP contribution in [0.1, 0.15) is 23.2 Å². The van der Waals surface area contributed by atoms with Crippen molar-refractivity contribution >= 4 is 41.5 Å². The number of carbonyl (C=O) groups is 1. The molecule has 0 aliphatic carbocycles. The van der Waals surface area contributed by atoms with E-state index in [0.29, 0.717) is 28.7 Å². The van der Waals surface area contributed by atoms with Crippen LogP contribution in [0, 0.1) is 0 Å². The minimum atomic E-state index is -0.00420. The third-order valence-corrected chi connectivity index (χ3v) is 3.73. The molecule has 1 fully saturated rings. The van der Waals surface area contributed by atoms with Gasteiger partial charge in [0, 0.05) is 24.7 Å². The van der Waals surface area contributed by atoms with Gasteiger partial charge in [-0.3, -0.25) is 4.79 Å². The zero-order valence-corrected chi connectivity index (χ0v) is 12.1. The number of amides is 1. The van der Waals surface area contributed by atoms with E-state index >= 15 is 0 Å². The molecule has 0 aromatic heterocycles. The molecule has 0 bridgehead atoms. The van der Waals surface area contributed by atoms with E-state index in [1.165, 1.54) is 0 Å². The largest absolute Gasteiger partial charge is 0.339 e. The molecule has 1 amide bonds. The summed E-state index contributed by atoms with van der Waals surface area (Å²) >= 11 is 11.7.